The van der Waals surface area contributed by atoms with E-state index in [0.29, 0.717) is 12.3 Å². The highest BCUT2D eigenvalue weighted by Gasteiger charge is 2.30. The van der Waals surface area contributed by atoms with E-state index in [1.165, 1.54) is 11.5 Å². The summed E-state index contributed by atoms with van der Waals surface area (Å²) < 4.78 is 4.42. The quantitative estimate of drug-likeness (QED) is 0.884. The van der Waals surface area contributed by atoms with E-state index < -0.39 is 0 Å². The first kappa shape index (κ1) is 15.9. The normalized spacial score (nSPS) is 21.3. The maximum Gasteiger partial charge on any atom is 0.220 e. The Hall–Kier alpha value is -1.95. The lowest BCUT2D eigenvalue weighted by Crippen LogP contribution is -2.45. The van der Waals surface area contributed by atoms with Crippen LogP contribution in [0.3, 0.4) is 0 Å². The highest BCUT2D eigenvalue weighted by molar-refractivity contribution is 7.09. The minimum atomic E-state index is -0.0325. The van der Waals surface area contributed by atoms with Gasteiger partial charge in [0.25, 0.3) is 0 Å². The molecule has 23 heavy (non-hydrogen) atoms. The van der Waals surface area contributed by atoms with Crippen molar-refractivity contribution in [2.45, 2.75) is 45.2 Å². The van der Waals surface area contributed by atoms with Crippen LogP contribution in [0, 0.1) is 5.92 Å². The number of aromatic nitrogens is 2. The van der Waals surface area contributed by atoms with Crippen molar-refractivity contribution in [2.24, 2.45) is 5.92 Å². The standard InChI is InChI=1S/C17H22N4OS/c1-11(2)10-14-19-17(23-21-14)18-13-8-9-15(22)20-16(13)12-6-4-3-5-7-12/h3-7,11,13,16H,8-10H2,1-2H3,(H,20,22)(H,18,19,21)/t13-,16+/m1/s1. The fraction of sp³-hybridized carbons (Fsp3) is 0.471. The van der Waals surface area contributed by atoms with Gasteiger partial charge in [-0.3, -0.25) is 4.79 Å². The zero-order valence-electron chi connectivity index (χ0n) is 13.5. The highest BCUT2D eigenvalue weighted by atomic mass is 32.1. The van der Waals surface area contributed by atoms with Gasteiger partial charge < -0.3 is 10.6 Å². The summed E-state index contributed by atoms with van der Waals surface area (Å²) in [5, 5.41) is 7.41. The van der Waals surface area contributed by atoms with Crippen molar-refractivity contribution < 1.29 is 4.79 Å². The number of nitrogens with zero attached hydrogens (tertiary/aromatic N) is 2. The van der Waals surface area contributed by atoms with Crippen molar-refractivity contribution >= 4 is 22.6 Å². The molecule has 0 radical (unpaired) electrons. The van der Waals surface area contributed by atoms with Crippen LogP contribution in [0.4, 0.5) is 5.13 Å². The van der Waals surface area contributed by atoms with Gasteiger partial charge >= 0.3 is 0 Å². The predicted octanol–water partition coefficient (Wildman–Crippen LogP) is 3.17. The molecule has 0 spiro atoms. The Labute approximate surface area is 140 Å². The minimum absolute atomic E-state index is 0.0325. The molecule has 1 aromatic carbocycles. The lowest BCUT2D eigenvalue weighted by Gasteiger charge is -2.33. The van der Waals surface area contributed by atoms with E-state index in [-0.39, 0.29) is 18.0 Å². The Kier molecular flexibility index (Phi) is 4.91. The fourth-order valence-corrected chi connectivity index (χ4v) is 3.51. The maximum atomic E-state index is 11.8. The van der Waals surface area contributed by atoms with Crippen LogP contribution < -0.4 is 10.6 Å². The summed E-state index contributed by atoms with van der Waals surface area (Å²) in [6.45, 7) is 4.33. The number of carbonyl (C=O) groups is 1. The molecule has 1 fully saturated rings. The molecule has 0 bridgehead atoms. The molecule has 1 amide bonds. The van der Waals surface area contributed by atoms with Crippen LogP contribution in [0.1, 0.15) is 44.1 Å². The van der Waals surface area contributed by atoms with Gasteiger partial charge in [-0.25, -0.2) is 4.98 Å². The molecule has 2 aromatic rings. The smallest absolute Gasteiger partial charge is 0.220 e. The van der Waals surface area contributed by atoms with Crippen molar-refractivity contribution in [1.82, 2.24) is 14.7 Å². The van der Waals surface area contributed by atoms with Gasteiger partial charge in [0.1, 0.15) is 5.82 Å². The second-order valence-electron chi connectivity index (χ2n) is 6.36. The third-order valence-electron chi connectivity index (χ3n) is 3.93. The third-order valence-corrected chi connectivity index (χ3v) is 4.61. The van der Waals surface area contributed by atoms with E-state index in [1.54, 1.807) is 0 Å². The zero-order valence-corrected chi connectivity index (χ0v) is 14.3. The molecule has 2 heterocycles. The second-order valence-corrected chi connectivity index (χ2v) is 7.11. The highest BCUT2D eigenvalue weighted by Crippen LogP contribution is 2.27. The minimum Gasteiger partial charge on any atom is -0.355 e. The number of piperidine rings is 1. The number of nitrogens with one attached hydrogen (secondary N) is 2. The first-order chi connectivity index (χ1) is 11.1. The van der Waals surface area contributed by atoms with Gasteiger partial charge in [0.2, 0.25) is 11.0 Å². The molecule has 0 saturated carbocycles. The molecule has 6 heteroatoms. The number of amides is 1. The van der Waals surface area contributed by atoms with Crippen molar-refractivity contribution in [2.75, 3.05) is 5.32 Å². The van der Waals surface area contributed by atoms with E-state index in [1.807, 2.05) is 18.2 Å². The van der Waals surface area contributed by atoms with E-state index in [2.05, 4.69) is 46.0 Å². The summed E-state index contributed by atoms with van der Waals surface area (Å²) >= 11 is 1.40. The third kappa shape index (κ3) is 4.07. The van der Waals surface area contributed by atoms with Crippen LogP contribution in [-0.4, -0.2) is 21.3 Å². The van der Waals surface area contributed by atoms with Gasteiger partial charge in [-0.2, -0.15) is 4.37 Å². The van der Waals surface area contributed by atoms with Crippen LogP contribution in [0.15, 0.2) is 30.3 Å². The molecule has 1 saturated heterocycles. The van der Waals surface area contributed by atoms with Gasteiger partial charge in [0, 0.05) is 24.4 Å². The lowest BCUT2D eigenvalue weighted by molar-refractivity contribution is -0.123. The average Bonchev–Trinajstić information content (AvgIpc) is 2.96. The summed E-state index contributed by atoms with van der Waals surface area (Å²) in [5.74, 6) is 1.54. The summed E-state index contributed by atoms with van der Waals surface area (Å²) in [6, 6.07) is 10.2. The fourth-order valence-electron chi connectivity index (χ4n) is 2.85. The molecule has 2 N–H and O–H groups in total. The number of rotatable bonds is 5. The Morgan fingerprint density at radius 3 is 2.87 bits per heavy atom. The van der Waals surface area contributed by atoms with Crippen molar-refractivity contribution in [3.63, 3.8) is 0 Å². The van der Waals surface area contributed by atoms with Crippen molar-refractivity contribution in [1.29, 1.82) is 0 Å². The topological polar surface area (TPSA) is 66.9 Å². The van der Waals surface area contributed by atoms with Crippen LogP contribution >= 0.6 is 11.5 Å². The number of hydrogen-bond acceptors (Lipinski definition) is 5. The Bertz CT molecular complexity index is 656. The molecule has 5 nitrogen and oxygen atoms in total. The number of carbonyl (C=O) groups excluding carboxylic acids is 1. The van der Waals surface area contributed by atoms with E-state index in [9.17, 15) is 4.79 Å². The molecule has 0 unspecified atom stereocenters. The molecular formula is C17H22N4OS. The summed E-state index contributed by atoms with van der Waals surface area (Å²) in [5.41, 5.74) is 1.12. The van der Waals surface area contributed by atoms with E-state index in [4.69, 9.17) is 0 Å². The molecular weight excluding hydrogens is 308 g/mol. The Morgan fingerprint density at radius 2 is 2.13 bits per heavy atom. The predicted molar refractivity (Wildman–Crippen MR) is 92.4 cm³/mol. The molecule has 2 atom stereocenters. The Balaban J connectivity index is 1.74. The largest absolute Gasteiger partial charge is 0.355 e. The SMILES string of the molecule is CC(C)Cc1nsc(N[C@@H]2CCC(=O)N[C@H]2c2ccccc2)n1. The van der Waals surface area contributed by atoms with Crippen LogP contribution in [0.25, 0.3) is 0 Å². The van der Waals surface area contributed by atoms with E-state index in [0.717, 1.165) is 29.4 Å². The number of hydrogen-bond donors (Lipinski definition) is 2. The second kappa shape index (κ2) is 7.08. The number of anilines is 1. The van der Waals surface area contributed by atoms with Crippen LogP contribution in [-0.2, 0) is 11.2 Å². The van der Waals surface area contributed by atoms with Crippen LogP contribution in [0.2, 0.25) is 0 Å². The first-order valence-corrected chi connectivity index (χ1v) is 8.82. The van der Waals surface area contributed by atoms with Crippen LogP contribution in [0.5, 0.6) is 0 Å². The molecule has 1 aromatic heterocycles. The molecule has 1 aliphatic rings. The first-order valence-electron chi connectivity index (χ1n) is 8.05. The molecule has 122 valence electrons. The van der Waals surface area contributed by atoms with Crippen molar-refractivity contribution in [3.05, 3.63) is 41.7 Å². The zero-order chi connectivity index (χ0) is 16.2. The molecule has 1 aliphatic heterocycles. The number of benzene rings is 1. The van der Waals surface area contributed by atoms with Gasteiger partial charge in [-0.05, 0) is 17.9 Å². The van der Waals surface area contributed by atoms with Gasteiger partial charge in [0.15, 0.2) is 0 Å². The van der Waals surface area contributed by atoms with Gasteiger partial charge in [-0.15, -0.1) is 0 Å². The molecule has 3 rings (SSSR count). The summed E-state index contributed by atoms with van der Waals surface area (Å²) in [7, 11) is 0. The molecule has 0 aliphatic carbocycles. The lowest BCUT2D eigenvalue weighted by atomic mass is 9.92. The Morgan fingerprint density at radius 1 is 1.35 bits per heavy atom. The van der Waals surface area contributed by atoms with Gasteiger partial charge in [-0.1, -0.05) is 44.2 Å². The van der Waals surface area contributed by atoms with Crippen molar-refractivity contribution in [3.8, 4) is 0 Å². The monoisotopic (exact) mass is 330 g/mol. The summed E-state index contributed by atoms with van der Waals surface area (Å²) in [4.78, 5) is 16.4. The van der Waals surface area contributed by atoms with E-state index >= 15 is 0 Å². The average molecular weight is 330 g/mol. The maximum absolute atomic E-state index is 11.8. The summed E-state index contributed by atoms with van der Waals surface area (Å²) in [6.07, 6.45) is 2.23. The van der Waals surface area contributed by atoms with Gasteiger partial charge in [0.05, 0.1) is 12.1 Å².